The molecule has 1 aromatic rings. The molecule has 0 atom stereocenters. The summed E-state index contributed by atoms with van der Waals surface area (Å²) in [6.07, 6.45) is 0. The lowest BCUT2D eigenvalue weighted by atomic mass is 9.95. The standard InChI is InChI=1S/C7H4BBrFNO/c8-3-1-4(9)6(7(11)12)5(10)2-3/h1-2H,(H2,11,12). The number of hydrogen-bond acceptors (Lipinski definition) is 1. The summed E-state index contributed by atoms with van der Waals surface area (Å²) in [5, 5.41) is 0. The van der Waals surface area contributed by atoms with Gasteiger partial charge in [0.05, 0.1) is 5.56 Å². The summed E-state index contributed by atoms with van der Waals surface area (Å²) in [5.74, 6) is -1.53. The van der Waals surface area contributed by atoms with Crippen LogP contribution in [0.15, 0.2) is 16.6 Å². The number of hydrogen-bond donors (Lipinski definition) is 1. The smallest absolute Gasteiger partial charge is 0.252 e. The highest BCUT2D eigenvalue weighted by atomic mass is 79.9. The number of amides is 1. The SMILES string of the molecule is [B]c1cc(F)c(C(N)=O)c(Br)c1. The Morgan fingerprint density at radius 2 is 2.17 bits per heavy atom. The van der Waals surface area contributed by atoms with Gasteiger partial charge >= 0.3 is 0 Å². The topological polar surface area (TPSA) is 43.1 Å². The van der Waals surface area contributed by atoms with E-state index in [4.69, 9.17) is 13.6 Å². The summed E-state index contributed by atoms with van der Waals surface area (Å²) in [6, 6.07) is 2.47. The second-order valence-electron chi connectivity index (χ2n) is 2.22. The summed E-state index contributed by atoms with van der Waals surface area (Å²) < 4.78 is 13.2. The van der Waals surface area contributed by atoms with Crippen LogP contribution in [-0.2, 0) is 0 Å². The molecule has 2 nitrogen and oxygen atoms in total. The highest BCUT2D eigenvalue weighted by Crippen LogP contribution is 2.17. The van der Waals surface area contributed by atoms with Crippen LogP contribution in [0.4, 0.5) is 4.39 Å². The minimum atomic E-state index is -0.820. The summed E-state index contributed by atoms with van der Waals surface area (Å²) in [7, 11) is 5.31. The van der Waals surface area contributed by atoms with Crippen LogP contribution in [-0.4, -0.2) is 13.8 Å². The van der Waals surface area contributed by atoms with Gasteiger partial charge in [0.1, 0.15) is 13.7 Å². The highest BCUT2D eigenvalue weighted by Gasteiger charge is 2.12. The van der Waals surface area contributed by atoms with E-state index in [1.165, 1.54) is 6.07 Å². The van der Waals surface area contributed by atoms with Crippen LogP contribution >= 0.6 is 15.9 Å². The Bertz CT molecular complexity index is 319. The first-order valence-electron chi connectivity index (χ1n) is 3.06. The zero-order valence-corrected chi connectivity index (χ0v) is 7.56. The number of halogens is 2. The quantitative estimate of drug-likeness (QED) is 0.697. The monoisotopic (exact) mass is 227 g/mol. The van der Waals surface area contributed by atoms with Crippen molar-refractivity contribution in [2.45, 2.75) is 0 Å². The zero-order chi connectivity index (χ0) is 9.30. The molecule has 0 aromatic heterocycles. The van der Waals surface area contributed by atoms with E-state index in [2.05, 4.69) is 15.9 Å². The fourth-order valence-corrected chi connectivity index (χ4v) is 1.48. The molecule has 0 saturated heterocycles. The van der Waals surface area contributed by atoms with Gasteiger partial charge in [-0.2, -0.15) is 0 Å². The van der Waals surface area contributed by atoms with Crippen molar-refractivity contribution in [2.24, 2.45) is 5.73 Å². The number of carbonyl (C=O) groups excluding carboxylic acids is 1. The Balaban J connectivity index is 3.38. The number of nitrogens with two attached hydrogens (primary N) is 1. The number of carbonyl (C=O) groups is 1. The van der Waals surface area contributed by atoms with Gasteiger partial charge < -0.3 is 5.73 Å². The average Bonchev–Trinajstić information content (AvgIpc) is 1.82. The maximum absolute atomic E-state index is 13.0. The normalized spacial score (nSPS) is 9.83. The highest BCUT2D eigenvalue weighted by molar-refractivity contribution is 9.10. The molecular formula is C7H4BBrFNO. The van der Waals surface area contributed by atoms with Gasteiger partial charge in [-0.05, 0) is 22.0 Å². The molecule has 1 aromatic carbocycles. The molecule has 5 heteroatoms. The van der Waals surface area contributed by atoms with Gasteiger partial charge in [0.15, 0.2) is 0 Å². The van der Waals surface area contributed by atoms with Gasteiger partial charge in [-0.25, -0.2) is 4.39 Å². The maximum Gasteiger partial charge on any atom is 0.252 e. The Morgan fingerprint density at radius 3 is 2.58 bits per heavy atom. The molecule has 0 spiro atoms. The van der Waals surface area contributed by atoms with Crippen molar-refractivity contribution in [3.05, 3.63) is 28.0 Å². The van der Waals surface area contributed by atoms with Gasteiger partial charge in [0, 0.05) is 4.47 Å². The van der Waals surface area contributed by atoms with Gasteiger partial charge in [-0.3, -0.25) is 4.79 Å². The molecule has 12 heavy (non-hydrogen) atoms. The van der Waals surface area contributed by atoms with Gasteiger partial charge in [-0.1, -0.05) is 11.5 Å². The Morgan fingerprint density at radius 1 is 1.58 bits per heavy atom. The van der Waals surface area contributed by atoms with Crippen molar-refractivity contribution in [1.29, 1.82) is 0 Å². The van der Waals surface area contributed by atoms with Crippen LogP contribution < -0.4 is 11.2 Å². The largest absolute Gasteiger partial charge is 0.365 e. The van der Waals surface area contributed by atoms with E-state index < -0.39 is 11.7 Å². The van der Waals surface area contributed by atoms with Crippen molar-refractivity contribution in [1.82, 2.24) is 0 Å². The fraction of sp³-hybridized carbons (Fsp3) is 0. The van der Waals surface area contributed by atoms with Gasteiger partial charge in [0.25, 0.3) is 5.91 Å². The number of primary amides is 1. The first kappa shape index (κ1) is 9.25. The lowest BCUT2D eigenvalue weighted by molar-refractivity contribution is 0.0996. The third-order valence-corrected chi connectivity index (χ3v) is 1.94. The van der Waals surface area contributed by atoms with E-state index in [1.54, 1.807) is 0 Å². The maximum atomic E-state index is 13.0. The average molecular weight is 228 g/mol. The van der Waals surface area contributed by atoms with E-state index in [9.17, 15) is 9.18 Å². The molecule has 0 fully saturated rings. The van der Waals surface area contributed by atoms with E-state index in [0.29, 0.717) is 0 Å². The first-order chi connectivity index (χ1) is 5.52. The van der Waals surface area contributed by atoms with Crippen molar-refractivity contribution in [3.63, 3.8) is 0 Å². The Kier molecular flexibility index (Phi) is 2.52. The van der Waals surface area contributed by atoms with Crippen LogP contribution in [0.5, 0.6) is 0 Å². The van der Waals surface area contributed by atoms with Crippen LogP contribution in [0.2, 0.25) is 0 Å². The van der Waals surface area contributed by atoms with Gasteiger partial charge in [-0.15, -0.1) is 0 Å². The first-order valence-corrected chi connectivity index (χ1v) is 3.86. The lowest BCUT2D eigenvalue weighted by Crippen LogP contribution is -2.17. The zero-order valence-electron chi connectivity index (χ0n) is 5.97. The van der Waals surface area contributed by atoms with Crippen molar-refractivity contribution in [2.75, 3.05) is 0 Å². The van der Waals surface area contributed by atoms with E-state index in [-0.39, 0.29) is 15.5 Å². The molecule has 0 aliphatic carbocycles. The number of rotatable bonds is 1. The predicted octanol–water partition coefficient (Wildman–Crippen LogP) is 0.481. The fourth-order valence-electron chi connectivity index (χ4n) is 0.828. The lowest BCUT2D eigenvalue weighted by Gasteiger charge is -2.02. The van der Waals surface area contributed by atoms with E-state index >= 15 is 0 Å². The molecule has 1 rings (SSSR count). The second-order valence-corrected chi connectivity index (χ2v) is 3.08. The van der Waals surface area contributed by atoms with Crippen LogP contribution in [0.25, 0.3) is 0 Å². The summed E-state index contributed by atoms with van der Waals surface area (Å²) >= 11 is 2.98. The third-order valence-electron chi connectivity index (χ3n) is 1.31. The molecule has 0 bridgehead atoms. The third kappa shape index (κ3) is 1.66. The van der Waals surface area contributed by atoms with Gasteiger partial charge in [0.2, 0.25) is 0 Å². The molecule has 0 heterocycles. The minimum Gasteiger partial charge on any atom is -0.365 e. The summed E-state index contributed by atoms with van der Waals surface area (Å²) in [6.45, 7) is 0. The Hall–Kier alpha value is -0.835. The van der Waals surface area contributed by atoms with Crippen molar-refractivity contribution >= 4 is 35.1 Å². The summed E-state index contributed by atoms with van der Waals surface area (Å²) in [4.78, 5) is 10.7. The van der Waals surface area contributed by atoms with E-state index in [1.807, 2.05) is 0 Å². The van der Waals surface area contributed by atoms with Crippen molar-refractivity contribution < 1.29 is 9.18 Å². The predicted molar refractivity (Wildman–Crippen MR) is 48.0 cm³/mol. The second kappa shape index (κ2) is 3.27. The molecular weight excluding hydrogens is 224 g/mol. The summed E-state index contributed by atoms with van der Waals surface area (Å²) in [5.41, 5.74) is 4.98. The van der Waals surface area contributed by atoms with Crippen LogP contribution in [0.1, 0.15) is 10.4 Å². The number of benzene rings is 1. The van der Waals surface area contributed by atoms with Crippen molar-refractivity contribution in [3.8, 4) is 0 Å². The minimum absolute atomic E-state index is 0.177. The molecule has 2 radical (unpaired) electrons. The van der Waals surface area contributed by atoms with E-state index in [0.717, 1.165) is 6.07 Å². The molecule has 60 valence electrons. The molecule has 0 unspecified atom stereocenters. The molecule has 0 aliphatic heterocycles. The Labute approximate surface area is 78.5 Å². The molecule has 0 aliphatic rings. The molecule has 2 N–H and O–H groups in total. The molecule has 0 saturated carbocycles. The van der Waals surface area contributed by atoms with Crippen LogP contribution in [0.3, 0.4) is 0 Å². The van der Waals surface area contributed by atoms with Crippen LogP contribution in [0, 0.1) is 5.82 Å². The molecule has 1 amide bonds.